The predicted octanol–water partition coefficient (Wildman–Crippen LogP) is 1.22. The Hall–Kier alpha value is -0.500. The number of amides is 1. The van der Waals surface area contributed by atoms with Crippen LogP contribution in [0.2, 0.25) is 0 Å². The quantitative estimate of drug-likeness (QED) is 0.455. The molecule has 0 spiro atoms. The zero-order valence-corrected chi connectivity index (χ0v) is 5.24. The lowest BCUT2D eigenvalue weighted by Gasteiger charge is -1.89. The fraction of sp³-hybridized carbons (Fsp3) is 0.400. The minimum atomic E-state index is -0.161. The molecule has 0 aromatic rings. The maximum atomic E-state index is 10.3. The molecule has 2 nitrogen and oxygen atoms in total. The van der Waals surface area contributed by atoms with Crippen molar-refractivity contribution in [3.63, 3.8) is 0 Å². The van der Waals surface area contributed by atoms with E-state index in [1.165, 1.54) is 0 Å². The van der Waals surface area contributed by atoms with Gasteiger partial charge in [0.1, 0.15) is 0 Å². The van der Waals surface area contributed by atoms with Gasteiger partial charge in [0, 0.05) is 18.2 Å². The summed E-state index contributed by atoms with van der Waals surface area (Å²) in [4.78, 5) is 12.3. The van der Waals surface area contributed by atoms with Gasteiger partial charge in [0.2, 0.25) is 5.91 Å². The summed E-state index contributed by atoms with van der Waals surface area (Å²) in [6, 6.07) is 0. The zero-order valence-electron chi connectivity index (χ0n) is 4.48. The number of allylic oxidation sites excluding steroid dienone is 1. The Labute approximate surface area is 53.6 Å². The summed E-state index contributed by atoms with van der Waals surface area (Å²) in [7, 11) is 0. The minimum Gasteiger partial charge on any atom is -0.274 e. The number of hydrogen-bond donors (Lipinski definition) is 1. The van der Waals surface area contributed by atoms with Crippen molar-refractivity contribution < 1.29 is 4.79 Å². The number of nitrogens with one attached hydrogen (secondary N) is 1. The molecule has 0 fully saturated rings. The van der Waals surface area contributed by atoms with Gasteiger partial charge in [0.05, 0.1) is 0 Å². The Balaban J connectivity index is 3.11. The van der Waals surface area contributed by atoms with Crippen LogP contribution in [0.1, 0.15) is 12.8 Å². The topological polar surface area (TPSA) is 29.1 Å². The number of halogens is 1. The molecule has 8 heavy (non-hydrogen) atoms. The van der Waals surface area contributed by atoms with Crippen LogP contribution < -0.4 is 4.84 Å². The molecular weight excluding hydrogens is 126 g/mol. The van der Waals surface area contributed by atoms with Crippen molar-refractivity contribution in [2.24, 2.45) is 0 Å². The van der Waals surface area contributed by atoms with Crippen molar-refractivity contribution in [1.29, 1.82) is 0 Å². The molecule has 3 heteroatoms. The van der Waals surface area contributed by atoms with E-state index in [0.717, 1.165) is 0 Å². The van der Waals surface area contributed by atoms with E-state index in [4.69, 9.17) is 11.8 Å². The first kappa shape index (κ1) is 7.50. The fourth-order valence-corrected chi connectivity index (χ4v) is 0.375. The van der Waals surface area contributed by atoms with Crippen LogP contribution in [-0.4, -0.2) is 5.91 Å². The zero-order chi connectivity index (χ0) is 6.41. The molecule has 0 aromatic carbocycles. The minimum absolute atomic E-state index is 0.161. The van der Waals surface area contributed by atoms with E-state index in [1.807, 2.05) is 4.84 Å². The van der Waals surface area contributed by atoms with Crippen LogP contribution in [-0.2, 0) is 4.79 Å². The Morgan fingerprint density at radius 2 is 2.50 bits per heavy atom. The Morgan fingerprint density at radius 3 is 2.88 bits per heavy atom. The molecule has 0 unspecified atom stereocenters. The predicted molar refractivity (Wildman–Crippen MR) is 33.4 cm³/mol. The molecule has 0 aliphatic heterocycles. The van der Waals surface area contributed by atoms with Gasteiger partial charge in [-0.1, -0.05) is 6.08 Å². The van der Waals surface area contributed by atoms with E-state index < -0.39 is 0 Å². The largest absolute Gasteiger partial charge is 0.274 e. The highest BCUT2D eigenvalue weighted by atomic mass is 35.5. The average molecular weight is 134 g/mol. The summed E-state index contributed by atoms with van der Waals surface area (Å²) < 4.78 is 0. The number of carbonyl (C=O) groups is 1. The van der Waals surface area contributed by atoms with E-state index in [1.54, 1.807) is 6.08 Å². The molecule has 0 radical (unpaired) electrons. The first-order valence-electron chi connectivity index (χ1n) is 2.31. The molecule has 0 atom stereocenters. The second kappa shape index (κ2) is 4.65. The first-order chi connectivity index (χ1) is 3.81. The average Bonchev–Trinajstić information content (AvgIpc) is 1.83. The van der Waals surface area contributed by atoms with Crippen molar-refractivity contribution >= 4 is 17.7 Å². The van der Waals surface area contributed by atoms with Gasteiger partial charge in [0.15, 0.2) is 0 Å². The van der Waals surface area contributed by atoms with E-state index >= 15 is 0 Å². The fourth-order valence-electron chi connectivity index (χ4n) is 0.280. The van der Waals surface area contributed by atoms with Gasteiger partial charge >= 0.3 is 0 Å². The van der Waals surface area contributed by atoms with E-state index in [2.05, 4.69) is 6.58 Å². The molecule has 46 valence electrons. The van der Waals surface area contributed by atoms with Crippen molar-refractivity contribution in [1.82, 2.24) is 4.84 Å². The van der Waals surface area contributed by atoms with Gasteiger partial charge in [-0.15, -0.1) is 6.58 Å². The third kappa shape index (κ3) is 3.68. The molecule has 0 saturated carbocycles. The monoisotopic (exact) mass is 133 g/mol. The number of carbonyl (C=O) groups excluding carboxylic acids is 1. The van der Waals surface area contributed by atoms with Crippen LogP contribution in [0.4, 0.5) is 0 Å². The van der Waals surface area contributed by atoms with Crippen LogP contribution in [0.3, 0.4) is 0 Å². The third-order valence-electron chi connectivity index (χ3n) is 0.681. The summed E-state index contributed by atoms with van der Waals surface area (Å²) in [5.41, 5.74) is 0. The summed E-state index contributed by atoms with van der Waals surface area (Å²) in [6.45, 7) is 3.44. The molecule has 0 rings (SSSR count). The van der Waals surface area contributed by atoms with E-state index in [0.29, 0.717) is 12.8 Å². The number of hydrogen-bond acceptors (Lipinski definition) is 1. The van der Waals surface area contributed by atoms with Gasteiger partial charge in [-0.2, -0.15) is 0 Å². The molecule has 0 aliphatic rings. The lowest BCUT2D eigenvalue weighted by atomic mass is 10.3. The van der Waals surface area contributed by atoms with Crippen molar-refractivity contribution in [3.05, 3.63) is 12.7 Å². The molecule has 0 saturated heterocycles. The summed E-state index contributed by atoms with van der Waals surface area (Å²) >= 11 is 4.95. The van der Waals surface area contributed by atoms with Crippen molar-refractivity contribution in [2.45, 2.75) is 12.8 Å². The Kier molecular flexibility index (Phi) is 4.36. The van der Waals surface area contributed by atoms with Crippen LogP contribution >= 0.6 is 11.8 Å². The molecule has 1 N–H and O–H groups in total. The van der Waals surface area contributed by atoms with Gasteiger partial charge in [-0.3, -0.25) is 9.63 Å². The molecular formula is C5H8ClNO. The van der Waals surface area contributed by atoms with Crippen LogP contribution in [0, 0.1) is 0 Å². The second-order valence-corrected chi connectivity index (χ2v) is 1.53. The van der Waals surface area contributed by atoms with E-state index in [-0.39, 0.29) is 5.91 Å². The summed E-state index contributed by atoms with van der Waals surface area (Å²) in [5.74, 6) is -0.161. The van der Waals surface area contributed by atoms with Crippen LogP contribution in [0.5, 0.6) is 0 Å². The van der Waals surface area contributed by atoms with Gasteiger partial charge in [0.25, 0.3) is 0 Å². The first-order valence-corrected chi connectivity index (χ1v) is 2.69. The molecule has 0 aliphatic carbocycles. The molecule has 0 heterocycles. The maximum absolute atomic E-state index is 10.3. The Morgan fingerprint density at radius 1 is 1.88 bits per heavy atom. The highest BCUT2D eigenvalue weighted by Crippen LogP contribution is 1.88. The molecule has 0 bridgehead atoms. The normalized spacial score (nSPS) is 8.12. The summed E-state index contributed by atoms with van der Waals surface area (Å²) in [6.07, 6.45) is 2.78. The lowest BCUT2D eigenvalue weighted by molar-refractivity contribution is -0.119. The smallest absolute Gasteiger partial charge is 0.234 e. The highest BCUT2D eigenvalue weighted by molar-refractivity contribution is 6.21. The Bertz CT molecular complexity index is 92.4. The SMILES string of the molecule is C=CCCC(=O)NCl. The lowest BCUT2D eigenvalue weighted by Crippen LogP contribution is -2.10. The van der Waals surface area contributed by atoms with Crippen LogP contribution in [0.25, 0.3) is 0 Å². The van der Waals surface area contributed by atoms with Crippen molar-refractivity contribution in [3.8, 4) is 0 Å². The molecule has 1 amide bonds. The standard InChI is InChI=1S/C5H8ClNO/c1-2-3-4-5(8)7-6/h2H,1,3-4H2,(H,7,8). The van der Waals surface area contributed by atoms with Gasteiger partial charge in [-0.05, 0) is 6.42 Å². The van der Waals surface area contributed by atoms with Gasteiger partial charge in [-0.25, -0.2) is 0 Å². The summed E-state index contributed by atoms with van der Waals surface area (Å²) in [5, 5.41) is 0. The van der Waals surface area contributed by atoms with Gasteiger partial charge < -0.3 is 0 Å². The molecule has 0 aromatic heterocycles. The third-order valence-corrected chi connectivity index (χ3v) is 0.892. The van der Waals surface area contributed by atoms with Crippen LogP contribution in [0.15, 0.2) is 12.7 Å². The van der Waals surface area contributed by atoms with E-state index in [9.17, 15) is 4.79 Å². The number of rotatable bonds is 3. The second-order valence-electron chi connectivity index (χ2n) is 1.35. The highest BCUT2D eigenvalue weighted by Gasteiger charge is 1.92. The maximum Gasteiger partial charge on any atom is 0.234 e. The van der Waals surface area contributed by atoms with Crippen molar-refractivity contribution in [2.75, 3.05) is 0 Å².